The molecular weight excluding hydrogens is 208 g/mol. The van der Waals surface area contributed by atoms with E-state index in [2.05, 4.69) is 5.32 Å². The number of nitrogens with zero attached hydrogens (tertiary/aromatic N) is 1. The van der Waals surface area contributed by atoms with Crippen LogP contribution in [0.2, 0.25) is 0 Å². The molecular formula is C11H20N2O3. The second kappa shape index (κ2) is 5.12. The number of hydrogen-bond acceptors (Lipinski definition) is 4. The van der Waals surface area contributed by atoms with E-state index in [1.165, 1.54) is 0 Å². The number of nitrogens with one attached hydrogen (secondary N) is 1. The van der Waals surface area contributed by atoms with E-state index in [-0.39, 0.29) is 24.0 Å². The molecule has 0 saturated carbocycles. The highest BCUT2D eigenvalue weighted by Gasteiger charge is 2.38. The van der Waals surface area contributed by atoms with E-state index in [0.29, 0.717) is 13.1 Å². The van der Waals surface area contributed by atoms with Gasteiger partial charge in [-0.1, -0.05) is 0 Å². The van der Waals surface area contributed by atoms with Gasteiger partial charge in [-0.3, -0.25) is 4.79 Å². The monoisotopic (exact) mass is 228 g/mol. The van der Waals surface area contributed by atoms with E-state index in [1.807, 2.05) is 4.90 Å². The Morgan fingerprint density at radius 3 is 2.31 bits per heavy atom. The summed E-state index contributed by atoms with van der Waals surface area (Å²) in [6, 6.07) is 0. The summed E-state index contributed by atoms with van der Waals surface area (Å²) in [5.74, 6) is 0.389. The zero-order chi connectivity index (χ0) is 11.5. The van der Waals surface area contributed by atoms with Crippen molar-refractivity contribution < 1.29 is 14.3 Å². The second-order valence-electron chi connectivity index (χ2n) is 4.48. The normalized spacial score (nSPS) is 34.6. The highest BCUT2D eigenvalue weighted by molar-refractivity contribution is 5.79. The molecule has 2 fully saturated rings. The van der Waals surface area contributed by atoms with E-state index in [0.717, 1.165) is 19.5 Å². The lowest BCUT2D eigenvalue weighted by Crippen LogP contribution is -2.36. The minimum atomic E-state index is 0.0170. The Balaban J connectivity index is 1.93. The maximum Gasteiger partial charge on any atom is 0.227 e. The lowest BCUT2D eigenvalue weighted by Gasteiger charge is -2.19. The van der Waals surface area contributed by atoms with E-state index in [9.17, 15) is 4.79 Å². The van der Waals surface area contributed by atoms with Gasteiger partial charge in [-0.05, 0) is 13.0 Å². The topological polar surface area (TPSA) is 50.8 Å². The number of carbonyl (C=O) groups excluding carboxylic acids is 1. The molecule has 5 heteroatoms. The van der Waals surface area contributed by atoms with Crippen molar-refractivity contribution in [1.82, 2.24) is 10.2 Å². The van der Waals surface area contributed by atoms with Gasteiger partial charge in [0.1, 0.15) is 12.2 Å². The van der Waals surface area contributed by atoms with Crippen LogP contribution in [-0.4, -0.2) is 63.4 Å². The summed E-state index contributed by atoms with van der Waals surface area (Å²) in [7, 11) is 3.34. The molecule has 1 N–H and O–H groups in total. The van der Waals surface area contributed by atoms with Gasteiger partial charge in [-0.2, -0.15) is 0 Å². The molecule has 2 aliphatic rings. The summed E-state index contributed by atoms with van der Waals surface area (Å²) in [5, 5.41) is 3.22. The Morgan fingerprint density at radius 2 is 1.88 bits per heavy atom. The third-order valence-corrected chi connectivity index (χ3v) is 3.54. The molecule has 0 bridgehead atoms. The van der Waals surface area contributed by atoms with E-state index < -0.39 is 0 Å². The maximum absolute atomic E-state index is 12.1. The standard InChI is InChI=1S/C11H20N2O3/c1-15-9-6-13(7-10(9)16-2)11(14)8-3-4-12-5-8/h8-10,12H,3-7H2,1-2H3/t8-,9-,10+/m1/s1. The maximum atomic E-state index is 12.1. The summed E-state index contributed by atoms with van der Waals surface area (Å²) < 4.78 is 10.6. The molecule has 2 aliphatic heterocycles. The zero-order valence-corrected chi connectivity index (χ0v) is 9.94. The van der Waals surface area contributed by atoms with Crippen LogP contribution in [0.15, 0.2) is 0 Å². The van der Waals surface area contributed by atoms with Crippen molar-refractivity contribution in [3.63, 3.8) is 0 Å². The van der Waals surface area contributed by atoms with Crippen molar-refractivity contribution in [2.45, 2.75) is 18.6 Å². The minimum Gasteiger partial charge on any atom is -0.377 e. The fourth-order valence-electron chi connectivity index (χ4n) is 2.50. The van der Waals surface area contributed by atoms with Crippen molar-refractivity contribution in [2.24, 2.45) is 5.92 Å². The quantitative estimate of drug-likeness (QED) is 0.705. The number of carbonyl (C=O) groups is 1. The van der Waals surface area contributed by atoms with Gasteiger partial charge in [-0.15, -0.1) is 0 Å². The molecule has 3 atom stereocenters. The predicted molar refractivity (Wildman–Crippen MR) is 59.2 cm³/mol. The zero-order valence-electron chi connectivity index (χ0n) is 9.94. The first kappa shape index (κ1) is 11.8. The van der Waals surface area contributed by atoms with Gasteiger partial charge in [0.25, 0.3) is 0 Å². The first-order valence-corrected chi connectivity index (χ1v) is 5.81. The van der Waals surface area contributed by atoms with Crippen LogP contribution >= 0.6 is 0 Å². The van der Waals surface area contributed by atoms with E-state index in [4.69, 9.17) is 9.47 Å². The fraction of sp³-hybridized carbons (Fsp3) is 0.909. The third kappa shape index (κ3) is 2.21. The molecule has 92 valence electrons. The van der Waals surface area contributed by atoms with Crippen LogP contribution in [0.4, 0.5) is 0 Å². The van der Waals surface area contributed by atoms with Crippen LogP contribution in [0.1, 0.15) is 6.42 Å². The summed E-state index contributed by atoms with van der Waals surface area (Å²) in [6.45, 7) is 3.07. The van der Waals surface area contributed by atoms with Gasteiger partial charge in [0, 0.05) is 33.9 Å². The molecule has 0 radical (unpaired) electrons. The van der Waals surface area contributed by atoms with Crippen LogP contribution < -0.4 is 5.32 Å². The smallest absolute Gasteiger partial charge is 0.227 e. The predicted octanol–water partition coefficient (Wildman–Crippen LogP) is -0.532. The van der Waals surface area contributed by atoms with Crippen molar-refractivity contribution in [3.05, 3.63) is 0 Å². The number of ether oxygens (including phenoxy) is 2. The van der Waals surface area contributed by atoms with Crippen molar-refractivity contribution in [2.75, 3.05) is 40.4 Å². The van der Waals surface area contributed by atoms with Gasteiger partial charge in [0.15, 0.2) is 0 Å². The molecule has 1 amide bonds. The highest BCUT2D eigenvalue weighted by atomic mass is 16.5. The average molecular weight is 228 g/mol. The van der Waals surface area contributed by atoms with Crippen LogP contribution in [0.5, 0.6) is 0 Å². The third-order valence-electron chi connectivity index (χ3n) is 3.54. The first-order valence-electron chi connectivity index (χ1n) is 5.81. The lowest BCUT2D eigenvalue weighted by molar-refractivity contribution is -0.134. The molecule has 0 aliphatic carbocycles. The fourth-order valence-corrected chi connectivity index (χ4v) is 2.50. The summed E-state index contributed by atoms with van der Waals surface area (Å²) in [6.07, 6.45) is 0.983. The second-order valence-corrected chi connectivity index (χ2v) is 4.48. The van der Waals surface area contributed by atoms with Crippen LogP contribution in [0, 0.1) is 5.92 Å². The van der Waals surface area contributed by atoms with E-state index >= 15 is 0 Å². The van der Waals surface area contributed by atoms with Crippen LogP contribution in [-0.2, 0) is 14.3 Å². The van der Waals surface area contributed by atoms with Crippen LogP contribution in [0.25, 0.3) is 0 Å². The molecule has 2 rings (SSSR count). The molecule has 0 spiro atoms. The molecule has 5 nitrogen and oxygen atoms in total. The molecule has 0 aromatic rings. The van der Waals surface area contributed by atoms with Crippen molar-refractivity contribution in [3.8, 4) is 0 Å². The Kier molecular flexibility index (Phi) is 3.78. The highest BCUT2D eigenvalue weighted by Crippen LogP contribution is 2.20. The Hall–Kier alpha value is -0.650. The van der Waals surface area contributed by atoms with Gasteiger partial charge in [0.05, 0.1) is 5.92 Å². The minimum absolute atomic E-state index is 0.0170. The van der Waals surface area contributed by atoms with Crippen molar-refractivity contribution in [1.29, 1.82) is 0 Å². The van der Waals surface area contributed by atoms with Gasteiger partial charge in [-0.25, -0.2) is 0 Å². The van der Waals surface area contributed by atoms with E-state index in [1.54, 1.807) is 14.2 Å². The first-order chi connectivity index (χ1) is 7.76. The molecule has 2 saturated heterocycles. The van der Waals surface area contributed by atoms with Gasteiger partial charge in [0.2, 0.25) is 5.91 Å². The Bertz CT molecular complexity index is 242. The molecule has 0 unspecified atom stereocenters. The van der Waals surface area contributed by atoms with Crippen molar-refractivity contribution >= 4 is 5.91 Å². The number of methoxy groups -OCH3 is 2. The lowest BCUT2D eigenvalue weighted by atomic mass is 10.1. The SMILES string of the molecule is CO[C@H]1CN(C(=O)[C@@H]2CCNC2)C[C@H]1OC. The molecule has 0 aromatic carbocycles. The summed E-state index contributed by atoms with van der Waals surface area (Å²) in [5.41, 5.74) is 0. The Labute approximate surface area is 96.1 Å². The number of amides is 1. The molecule has 16 heavy (non-hydrogen) atoms. The van der Waals surface area contributed by atoms with Gasteiger partial charge >= 0.3 is 0 Å². The Morgan fingerprint density at radius 1 is 1.25 bits per heavy atom. The number of hydrogen-bond donors (Lipinski definition) is 1. The molecule has 0 aromatic heterocycles. The summed E-state index contributed by atoms with van der Waals surface area (Å²) >= 11 is 0. The largest absolute Gasteiger partial charge is 0.377 e. The average Bonchev–Trinajstić information content (AvgIpc) is 2.96. The number of rotatable bonds is 3. The summed E-state index contributed by atoms with van der Waals surface area (Å²) in [4.78, 5) is 14.0. The van der Waals surface area contributed by atoms with Crippen LogP contribution in [0.3, 0.4) is 0 Å². The molecule has 2 heterocycles. The number of likely N-dealkylation sites (tertiary alicyclic amines) is 1. The van der Waals surface area contributed by atoms with Gasteiger partial charge < -0.3 is 19.7 Å².